The molecule has 1 amide bonds. The van der Waals surface area contributed by atoms with Crippen LogP contribution in [0.4, 0.5) is 5.69 Å². The maximum absolute atomic E-state index is 12.3. The van der Waals surface area contributed by atoms with Gasteiger partial charge in [0.25, 0.3) is 0 Å². The fourth-order valence-corrected chi connectivity index (χ4v) is 2.58. The Balaban J connectivity index is 1.75. The predicted octanol–water partition coefficient (Wildman–Crippen LogP) is 4.10. The van der Waals surface area contributed by atoms with Crippen molar-refractivity contribution in [2.45, 2.75) is 33.6 Å². The molecule has 0 spiro atoms. The van der Waals surface area contributed by atoms with Crippen LogP contribution in [0.2, 0.25) is 0 Å². The number of pyridine rings is 1. The summed E-state index contributed by atoms with van der Waals surface area (Å²) < 4.78 is 5.37. The second-order valence-electron chi connectivity index (χ2n) is 7.37. The van der Waals surface area contributed by atoms with Gasteiger partial charge in [0, 0.05) is 30.1 Å². The summed E-state index contributed by atoms with van der Waals surface area (Å²) in [5.74, 6) is 1.01. The Hall–Kier alpha value is -3.02. The number of carbonyl (C=O) groups is 1. The highest BCUT2D eigenvalue weighted by Crippen LogP contribution is 2.23. The van der Waals surface area contributed by atoms with E-state index >= 15 is 0 Å². The molecule has 3 aromatic rings. The zero-order valence-corrected chi connectivity index (χ0v) is 15.2. The topological polar surface area (TPSA) is 80.9 Å². The van der Waals surface area contributed by atoms with Crippen molar-refractivity contribution in [2.75, 3.05) is 5.32 Å². The molecule has 0 fully saturated rings. The molecule has 2 aromatic heterocycles. The third-order valence-electron chi connectivity index (χ3n) is 3.73. The molecule has 0 aliphatic heterocycles. The number of hydrogen-bond acceptors (Lipinski definition) is 5. The first-order chi connectivity index (χ1) is 12.4. The third-order valence-corrected chi connectivity index (χ3v) is 3.73. The molecule has 0 radical (unpaired) electrons. The number of para-hydroxylation sites is 1. The van der Waals surface area contributed by atoms with E-state index in [4.69, 9.17) is 4.52 Å². The lowest BCUT2D eigenvalue weighted by molar-refractivity contribution is -0.117. The van der Waals surface area contributed by atoms with Crippen molar-refractivity contribution in [3.63, 3.8) is 0 Å². The smallest absolute Gasteiger partial charge is 0.231 e. The monoisotopic (exact) mass is 350 g/mol. The number of amides is 1. The summed E-state index contributed by atoms with van der Waals surface area (Å²) >= 11 is 0. The third kappa shape index (κ3) is 4.75. The van der Waals surface area contributed by atoms with Crippen molar-refractivity contribution in [3.8, 4) is 11.4 Å². The molecule has 0 unspecified atom stereocenters. The van der Waals surface area contributed by atoms with Crippen LogP contribution in [-0.4, -0.2) is 21.0 Å². The predicted molar refractivity (Wildman–Crippen MR) is 99.5 cm³/mol. The van der Waals surface area contributed by atoms with Crippen LogP contribution in [0, 0.1) is 5.41 Å². The summed E-state index contributed by atoms with van der Waals surface area (Å²) in [5.41, 5.74) is 2.48. The van der Waals surface area contributed by atoms with E-state index in [-0.39, 0.29) is 11.3 Å². The van der Waals surface area contributed by atoms with Gasteiger partial charge in [0.15, 0.2) is 0 Å². The summed E-state index contributed by atoms with van der Waals surface area (Å²) in [5, 5.41) is 7.01. The van der Waals surface area contributed by atoms with Gasteiger partial charge in [-0.2, -0.15) is 4.98 Å². The molecule has 26 heavy (non-hydrogen) atoms. The number of hydrogen-bond donors (Lipinski definition) is 1. The van der Waals surface area contributed by atoms with Crippen molar-refractivity contribution in [1.29, 1.82) is 0 Å². The van der Waals surface area contributed by atoms with Crippen molar-refractivity contribution in [3.05, 3.63) is 60.2 Å². The molecule has 1 aromatic carbocycles. The Morgan fingerprint density at radius 1 is 1.12 bits per heavy atom. The summed E-state index contributed by atoms with van der Waals surface area (Å²) in [6.07, 6.45) is 4.27. The van der Waals surface area contributed by atoms with E-state index in [0.29, 0.717) is 24.6 Å². The van der Waals surface area contributed by atoms with Gasteiger partial charge in [0.1, 0.15) is 0 Å². The minimum atomic E-state index is -0.0645. The lowest BCUT2D eigenvalue weighted by atomic mass is 9.92. The molecule has 3 rings (SSSR count). The van der Waals surface area contributed by atoms with Crippen LogP contribution in [0.1, 0.15) is 38.6 Å². The number of anilines is 1. The molecule has 0 aliphatic rings. The van der Waals surface area contributed by atoms with Gasteiger partial charge in [-0.15, -0.1) is 0 Å². The van der Waals surface area contributed by atoms with Gasteiger partial charge in [-0.05, 0) is 29.2 Å². The van der Waals surface area contributed by atoms with Gasteiger partial charge in [0.05, 0.1) is 6.42 Å². The fourth-order valence-electron chi connectivity index (χ4n) is 2.58. The molecule has 6 heteroatoms. The largest absolute Gasteiger partial charge is 0.339 e. The molecule has 1 N–H and O–H groups in total. The average Bonchev–Trinajstić information content (AvgIpc) is 3.04. The van der Waals surface area contributed by atoms with Crippen LogP contribution in [-0.2, 0) is 11.2 Å². The average molecular weight is 350 g/mol. The first-order valence-corrected chi connectivity index (χ1v) is 8.51. The molecule has 6 nitrogen and oxygen atoms in total. The first kappa shape index (κ1) is 17.8. The van der Waals surface area contributed by atoms with E-state index in [9.17, 15) is 4.79 Å². The van der Waals surface area contributed by atoms with Crippen molar-refractivity contribution >= 4 is 11.6 Å². The number of aromatic nitrogens is 3. The van der Waals surface area contributed by atoms with Crippen molar-refractivity contribution < 1.29 is 9.32 Å². The standard InChI is InChI=1S/C20H22N4O2/c1-20(2,3)13-17(25)22-16-7-5-4-6-15(16)12-18-23-19(24-26-18)14-8-10-21-11-9-14/h4-11H,12-13H2,1-3H3,(H,22,25). The highest BCUT2D eigenvalue weighted by molar-refractivity contribution is 5.91. The minimum absolute atomic E-state index is 0.00652. The molecule has 0 saturated carbocycles. The van der Waals surface area contributed by atoms with Gasteiger partial charge in [-0.25, -0.2) is 0 Å². The molecule has 134 valence electrons. The molecule has 0 bridgehead atoms. The Bertz CT molecular complexity index is 882. The zero-order valence-electron chi connectivity index (χ0n) is 15.2. The second kappa shape index (κ2) is 7.47. The molecular formula is C20H22N4O2. The van der Waals surface area contributed by atoms with Crippen molar-refractivity contribution in [2.24, 2.45) is 5.41 Å². The summed E-state index contributed by atoms with van der Waals surface area (Å²) in [6.45, 7) is 6.12. The van der Waals surface area contributed by atoms with Crippen LogP contribution in [0.3, 0.4) is 0 Å². The van der Waals surface area contributed by atoms with Crippen LogP contribution in [0.15, 0.2) is 53.3 Å². The summed E-state index contributed by atoms with van der Waals surface area (Å²) in [4.78, 5) is 20.7. The quantitative estimate of drug-likeness (QED) is 0.749. The highest BCUT2D eigenvalue weighted by atomic mass is 16.5. The van der Waals surface area contributed by atoms with E-state index in [2.05, 4.69) is 20.4 Å². The van der Waals surface area contributed by atoms with Gasteiger partial charge >= 0.3 is 0 Å². The van der Waals surface area contributed by atoms with Gasteiger partial charge < -0.3 is 9.84 Å². The van der Waals surface area contributed by atoms with Crippen LogP contribution in [0.5, 0.6) is 0 Å². The molecule has 0 atom stereocenters. The molecular weight excluding hydrogens is 328 g/mol. The summed E-state index contributed by atoms with van der Waals surface area (Å²) in [6, 6.07) is 11.3. The Morgan fingerprint density at radius 2 is 1.85 bits per heavy atom. The van der Waals surface area contributed by atoms with Gasteiger partial charge in [0.2, 0.25) is 17.6 Å². The Kier molecular flexibility index (Phi) is 5.11. The number of nitrogens with one attached hydrogen (secondary N) is 1. The van der Waals surface area contributed by atoms with E-state index in [1.54, 1.807) is 12.4 Å². The van der Waals surface area contributed by atoms with E-state index in [1.165, 1.54) is 0 Å². The number of benzene rings is 1. The number of carbonyl (C=O) groups excluding carboxylic acids is 1. The SMILES string of the molecule is CC(C)(C)CC(=O)Nc1ccccc1Cc1nc(-c2ccncc2)no1. The normalized spacial score (nSPS) is 11.3. The zero-order chi connectivity index (χ0) is 18.6. The minimum Gasteiger partial charge on any atom is -0.339 e. The van der Waals surface area contributed by atoms with Crippen molar-refractivity contribution in [1.82, 2.24) is 15.1 Å². The van der Waals surface area contributed by atoms with Crippen LogP contribution in [0.25, 0.3) is 11.4 Å². The Morgan fingerprint density at radius 3 is 2.58 bits per heavy atom. The fraction of sp³-hybridized carbons (Fsp3) is 0.300. The van der Waals surface area contributed by atoms with E-state index in [1.807, 2.05) is 57.2 Å². The van der Waals surface area contributed by atoms with Gasteiger partial charge in [-0.3, -0.25) is 9.78 Å². The van der Waals surface area contributed by atoms with Gasteiger partial charge in [-0.1, -0.05) is 44.1 Å². The maximum Gasteiger partial charge on any atom is 0.231 e. The maximum atomic E-state index is 12.3. The number of nitrogens with zero attached hydrogens (tertiary/aromatic N) is 3. The lowest BCUT2D eigenvalue weighted by Gasteiger charge is -2.18. The number of rotatable bonds is 5. The lowest BCUT2D eigenvalue weighted by Crippen LogP contribution is -2.20. The van der Waals surface area contributed by atoms with E-state index < -0.39 is 0 Å². The highest BCUT2D eigenvalue weighted by Gasteiger charge is 2.17. The molecule has 0 saturated heterocycles. The summed E-state index contributed by atoms with van der Waals surface area (Å²) in [7, 11) is 0. The second-order valence-corrected chi connectivity index (χ2v) is 7.37. The van der Waals surface area contributed by atoms with E-state index in [0.717, 1.165) is 16.8 Å². The molecule has 2 heterocycles. The first-order valence-electron chi connectivity index (χ1n) is 8.51. The molecule has 0 aliphatic carbocycles. The van der Waals surface area contributed by atoms with Crippen LogP contribution >= 0.6 is 0 Å². The van der Waals surface area contributed by atoms with Crippen LogP contribution < -0.4 is 5.32 Å². The Labute approximate surface area is 152 Å².